The summed E-state index contributed by atoms with van der Waals surface area (Å²) in [7, 11) is 3.61. The number of ether oxygens (including phenoxy) is 1. The van der Waals surface area contributed by atoms with Gasteiger partial charge in [-0.05, 0) is 52.5 Å². The van der Waals surface area contributed by atoms with Crippen molar-refractivity contribution in [3.63, 3.8) is 0 Å². The molecule has 0 fully saturated rings. The number of carbonyl (C=O) groups excluding carboxylic acids is 9. The van der Waals surface area contributed by atoms with Crippen molar-refractivity contribution in [3.8, 4) is 0 Å². The zero-order valence-corrected chi connectivity index (χ0v) is 47.7. The molecule has 13 atom stereocenters. The molecule has 32 nitrogen and oxygen atoms in total. The standard InChI is InChI=1S/C51H81N11O21/c1-24(2)16-27(41(71)57-29(22-64)49(79)80)55-47(77)40(51(6,7)82)60-42(72)28(21-63)56-46(76)39(50(4,5)81)58-33(66)20-54-43(73)30(17-26-14-12-11-13-15-26)62(9)48(78)38(70)37(69)32(83-10)19-53-44(74)34(59-45(75)35(67)25(3)65)36(68)31-18-52-23-61(31)8/h11-15,18,23-25,27-30,32,34-40,63-65,67-70,81-82H,16-17,19-22H2,1-10H3,(H,53,74)(H,54,73)(H,55,77)(H,56,76)(H,57,71)(H,58,66)(H,59,75)(H,60,72)(H,79,80)/t25-,27-,28-,29-,30-,32-,34+,35+,36+,37-,38-,39+,40+/m0/s1. The fraction of sp³-hybridized carbons (Fsp3) is 0.627. The van der Waals surface area contributed by atoms with Crippen LogP contribution in [0.1, 0.15) is 72.2 Å². The average molecular weight is 1180 g/mol. The van der Waals surface area contributed by atoms with E-state index in [4.69, 9.17) is 4.74 Å². The highest BCUT2D eigenvalue weighted by atomic mass is 16.5. The Morgan fingerprint density at radius 1 is 0.675 bits per heavy atom. The van der Waals surface area contributed by atoms with Gasteiger partial charge < -0.3 is 108 Å². The van der Waals surface area contributed by atoms with Gasteiger partial charge >= 0.3 is 5.97 Å². The van der Waals surface area contributed by atoms with E-state index in [9.17, 15) is 99.0 Å². The Bertz CT molecular complexity index is 2520. The lowest BCUT2D eigenvalue weighted by Gasteiger charge is -2.33. The van der Waals surface area contributed by atoms with E-state index in [1.807, 2.05) is 0 Å². The number of aliphatic hydroxyl groups is 9. The van der Waals surface area contributed by atoms with E-state index in [1.165, 1.54) is 24.1 Å². The van der Waals surface area contributed by atoms with E-state index in [1.54, 1.807) is 44.2 Å². The average Bonchev–Trinajstić information content (AvgIpc) is 4.11. The van der Waals surface area contributed by atoms with Gasteiger partial charge in [-0.1, -0.05) is 44.2 Å². The van der Waals surface area contributed by atoms with Crippen LogP contribution in [0, 0.1) is 5.92 Å². The van der Waals surface area contributed by atoms with Crippen molar-refractivity contribution in [1.29, 1.82) is 0 Å². The van der Waals surface area contributed by atoms with Crippen LogP contribution in [0.2, 0.25) is 0 Å². The van der Waals surface area contributed by atoms with Gasteiger partial charge in [-0.3, -0.25) is 43.2 Å². The van der Waals surface area contributed by atoms with E-state index in [-0.39, 0.29) is 24.5 Å². The minimum Gasteiger partial charge on any atom is -0.480 e. The van der Waals surface area contributed by atoms with Gasteiger partial charge in [0, 0.05) is 34.2 Å². The van der Waals surface area contributed by atoms with Crippen molar-refractivity contribution in [2.24, 2.45) is 13.0 Å². The van der Waals surface area contributed by atoms with Crippen molar-refractivity contribution in [2.45, 2.75) is 151 Å². The van der Waals surface area contributed by atoms with Crippen molar-refractivity contribution < 1.29 is 104 Å². The lowest BCUT2D eigenvalue weighted by atomic mass is 9.95. The second-order valence-corrected chi connectivity index (χ2v) is 21.1. The fourth-order valence-electron chi connectivity index (χ4n) is 7.91. The summed E-state index contributed by atoms with van der Waals surface area (Å²) in [6.07, 6.45) is -9.40. The Labute approximate surface area is 477 Å². The quantitative estimate of drug-likeness (QED) is 0.0309. The van der Waals surface area contributed by atoms with Gasteiger partial charge in [-0.2, -0.15) is 0 Å². The SMILES string of the molecule is CO[C@@H](CNC(=O)[C@H](NC(=O)[C@H](O)[C@H](C)O)[C@H](O)c1cncn1C)[C@H](O)[C@H](O)C(=O)N(C)[C@@H](Cc1ccccc1)C(=O)NCC(=O)N[C@H](C(=O)N[C@@H](CO)C(=O)N[C@H](C(=O)N[C@@H](CC(C)C)C(=O)N[C@@H](CO)C(=O)O)C(C)(C)O)C(C)(C)O. The molecule has 9 amide bonds. The zero-order valence-electron chi connectivity index (χ0n) is 47.7. The van der Waals surface area contributed by atoms with Crippen molar-refractivity contribution in [1.82, 2.24) is 57.0 Å². The minimum atomic E-state index is -2.38. The van der Waals surface area contributed by atoms with Gasteiger partial charge in [0.15, 0.2) is 12.2 Å². The maximum atomic E-state index is 14.0. The Morgan fingerprint density at radius 2 is 1.20 bits per heavy atom. The van der Waals surface area contributed by atoms with E-state index in [0.717, 1.165) is 53.7 Å². The Hall–Kier alpha value is -7.27. The third-order valence-electron chi connectivity index (χ3n) is 12.8. The number of nitrogens with one attached hydrogen (secondary N) is 8. The molecule has 0 bridgehead atoms. The summed E-state index contributed by atoms with van der Waals surface area (Å²) in [6.45, 7) is 5.01. The highest BCUT2D eigenvalue weighted by Crippen LogP contribution is 2.19. The van der Waals surface area contributed by atoms with E-state index < -0.39 is 176 Å². The van der Waals surface area contributed by atoms with E-state index in [2.05, 4.69) is 47.5 Å². The number of hydrogen-bond acceptors (Lipinski definition) is 21. The number of likely N-dealkylation sites (N-methyl/N-ethyl adjacent to an activating group) is 1. The maximum absolute atomic E-state index is 14.0. The summed E-state index contributed by atoms with van der Waals surface area (Å²) in [5, 5.41) is 122. The van der Waals surface area contributed by atoms with Gasteiger partial charge in [-0.25, -0.2) is 9.78 Å². The number of aliphatic hydroxyl groups excluding tert-OH is 7. The normalized spacial score (nSPS) is 16.5. The van der Waals surface area contributed by atoms with Crippen LogP contribution in [-0.2, 0) is 66.2 Å². The Kier molecular flexibility index (Phi) is 28.2. The second kappa shape index (κ2) is 32.5. The third kappa shape index (κ3) is 21.8. The fourth-order valence-corrected chi connectivity index (χ4v) is 7.91. The van der Waals surface area contributed by atoms with Crippen LogP contribution in [0.5, 0.6) is 0 Å². The summed E-state index contributed by atoms with van der Waals surface area (Å²) in [5.74, 6) is -12.5. The first-order valence-corrected chi connectivity index (χ1v) is 26.0. The molecule has 18 N–H and O–H groups in total. The van der Waals surface area contributed by atoms with Gasteiger partial charge in [0.25, 0.3) is 11.8 Å². The maximum Gasteiger partial charge on any atom is 0.328 e. The molecule has 0 saturated heterocycles. The molecule has 0 aliphatic heterocycles. The molecular weight excluding hydrogens is 1100 g/mol. The highest BCUT2D eigenvalue weighted by Gasteiger charge is 2.43. The molecule has 1 aromatic heterocycles. The summed E-state index contributed by atoms with van der Waals surface area (Å²) in [5.41, 5.74) is -3.77. The molecule has 0 aliphatic carbocycles. The Balaban J connectivity index is 2.29. The first-order chi connectivity index (χ1) is 38.5. The van der Waals surface area contributed by atoms with Crippen LogP contribution in [0.3, 0.4) is 0 Å². The Morgan fingerprint density at radius 3 is 1.69 bits per heavy atom. The van der Waals surface area contributed by atoms with Crippen LogP contribution in [-0.4, -0.2) is 249 Å². The van der Waals surface area contributed by atoms with Gasteiger partial charge in [0.2, 0.25) is 41.4 Å². The molecular formula is C51H81N11O21. The van der Waals surface area contributed by atoms with Crippen LogP contribution >= 0.6 is 0 Å². The molecule has 0 aliphatic rings. The van der Waals surface area contributed by atoms with Crippen molar-refractivity contribution in [3.05, 3.63) is 54.1 Å². The largest absolute Gasteiger partial charge is 0.480 e. The second-order valence-electron chi connectivity index (χ2n) is 21.1. The summed E-state index contributed by atoms with van der Waals surface area (Å²) >= 11 is 0. The number of carbonyl (C=O) groups is 10. The molecule has 83 heavy (non-hydrogen) atoms. The molecule has 2 rings (SSSR count). The predicted molar refractivity (Wildman–Crippen MR) is 287 cm³/mol. The molecule has 1 heterocycles. The molecule has 0 unspecified atom stereocenters. The lowest BCUT2D eigenvalue weighted by Crippen LogP contribution is -2.65. The molecule has 2 aromatic rings. The number of imidazole rings is 1. The highest BCUT2D eigenvalue weighted by molar-refractivity contribution is 5.98. The predicted octanol–water partition coefficient (Wildman–Crippen LogP) is -8.20. The molecule has 0 saturated carbocycles. The number of aromatic nitrogens is 2. The number of carboxylic acid groups (broad SMARTS) is 1. The number of rotatable bonds is 34. The number of hydrogen-bond donors (Lipinski definition) is 18. The first-order valence-electron chi connectivity index (χ1n) is 26.0. The van der Waals surface area contributed by atoms with Crippen molar-refractivity contribution >= 4 is 59.1 Å². The summed E-state index contributed by atoms with van der Waals surface area (Å²) in [6, 6.07) is -4.36. The third-order valence-corrected chi connectivity index (χ3v) is 12.8. The number of carboxylic acids is 1. The summed E-state index contributed by atoms with van der Waals surface area (Å²) < 4.78 is 6.59. The van der Waals surface area contributed by atoms with Gasteiger partial charge in [0.1, 0.15) is 60.6 Å². The number of nitrogens with zero attached hydrogens (tertiary/aromatic N) is 3. The lowest BCUT2D eigenvalue weighted by molar-refractivity contribution is -0.156. The topological polar surface area (TPSA) is 500 Å². The number of methoxy groups -OCH3 is 1. The van der Waals surface area contributed by atoms with Gasteiger partial charge in [0.05, 0.1) is 55.3 Å². The molecule has 0 radical (unpaired) electrons. The molecule has 32 heteroatoms. The smallest absolute Gasteiger partial charge is 0.328 e. The van der Waals surface area contributed by atoms with Gasteiger partial charge in [-0.15, -0.1) is 0 Å². The van der Waals surface area contributed by atoms with E-state index >= 15 is 0 Å². The van der Waals surface area contributed by atoms with Crippen LogP contribution in [0.25, 0.3) is 0 Å². The number of aryl methyl sites for hydroxylation is 1. The van der Waals surface area contributed by atoms with Crippen molar-refractivity contribution in [2.75, 3.05) is 40.5 Å². The number of benzene rings is 1. The number of aliphatic carboxylic acids is 1. The van der Waals surface area contributed by atoms with Crippen LogP contribution in [0.4, 0.5) is 0 Å². The first kappa shape index (κ1) is 71.8. The zero-order chi connectivity index (χ0) is 63.4. The molecule has 1 aromatic carbocycles. The van der Waals surface area contributed by atoms with Crippen LogP contribution < -0.4 is 42.5 Å². The number of amides is 9. The van der Waals surface area contributed by atoms with E-state index in [0.29, 0.717) is 5.56 Å². The van der Waals surface area contributed by atoms with Crippen LogP contribution in [0.15, 0.2) is 42.9 Å². The molecule has 466 valence electrons. The summed E-state index contributed by atoms with van der Waals surface area (Å²) in [4.78, 5) is 137. The molecule has 0 spiro atoms. The monoisotopic (exact) mass is 1180 g/mol. The minimum absolute atomic E-state index is 0.0311.